The number of benzene rings is 2. The number of rotatable bonds is 6. The molecule has 0 fully saturated rings. The first-order valence-corrected chi connectivity index (χ1v) is 10.7. The zero-order valence-corrected chi connectivity index (χ0v) is 17.8. The molecule has 0 aliphatic rings. The van der Waals surface area contributed by atoms with E-state index in [0.717, 1.165) is 5.69 Å². The first-order chi connectivity index (χ1) is 13.7. The predicted molar refractivity (Wildman–Crippen MR) is 113 cm³/mol. The van der Waals surface area contributed by atoms with Gasteiger partial charge >= 0.3 is 0 Å². The van der Waals surface area contributed by atoms with Gasteiger partial charge in [0.05, 0.1) is 33.2 Å². The standard InChI is InChI=1S/C20H21ClN4O3S/c1-14(2)24(3)29(27,28)15-8-9-17(21)16(12-15)20(26)23-18-6-4-5-7-19(18)25-11-10-22-13-25/h4-14H,1-3H3,(H,23,26). The summed E-state index contributed by atoms with van der Waals surface area (Å²) in [5.41, 5.74) is 1.34. The van der Waals surface area contributed by atoms with E-state index in [9.17, 15) is 13.2 Å². The van der Waals surface area contributed by atoms with Crippen LogP contribution < -0.4 is 5.32 Å². The minimum absolute atomic E-state index is 0.00569. The second kappa shape index (κ2) is 8.36. The van der Waals surface area contributed by atoms with Crippen molar-refractivity contribution in [2.75, 3.05) is 12.4 Å². The maximum Gasteiger partial charge on any atom is 0.257 e. The van der Waals surface area contributed by atoms with Gasteiger partial charge in [0.1, 0.15) is 0 Å². The molecule has 0 radical (unpaired) electrons. The SMILES string of the molecule is CC(C)N(C)S(=O)(=O)c1ccc(Cl)c(C(=O)Nc2ccccc2-n2ccnc2)c1. The molecule has 152 valence electrons. The lowest BCUT2D eigenvalue weighted by molar-refractivity contribution is 0.102. The Morgan fingerprint density at radius 2 is 1.93 bits per heavy atom. The van der Waals surface area contributed by atoms with Crippen molar-refractivity contribution in [2.24, 2.45) is 0 Å². The highest BCUT2D eigenvalue weighted by molar-refractivity contribution is 7.89. The number of imidazole rings is 1. The number of amides is 1. The van der Waals surface area contributed by atoms with E-state index in [2.05, 4.69) is 10.3 Å². The molecule has 2 aromatic carbocycles. The molecular weight excluding hydrogens is 412 g/mol. The van der Waals surface area contributed by atoms with Crippen LogP contribution in [0.2, 0.25) is 5.02 Å². The molecule has 1 heterocycles. The van der Waals surface area contributed by atoms with Crippen LogP contribution in [0.4, 0.5) is 5.69 Å². The van der Waals surface area contributed by atoms with Crippen molar-refractivity contribution >= 4 is 33.2 Å². The number of aromatic nitrogens is 2. The minimum Gasteiger partial charge on any atom is -0.320 e. The molecule has 1 aromatic heterocycles. The van der Waals surface area contributed by atoms with Gasteiger partial charge in [-0.25, -0.2) is 13.4 Å². The number of halogens is 1. The lowest BCUT2D eigenvalue weighted by Gasteiger charge is -2.21. The highest BCUT2D eigenvalue weighted by Crippen LogP contribution is 2.26. The normalized spacial score (nSPS) is 11.8. The molecule has 0 atom stereocenters. The Hall–Kier alpha value is -2.68. The third-order valence-corrected chi connectivity index (χ3v) is 6.88. The second-order valence-electron chi connectivity index (χ2n) is 6.70. The average molecular weight is 433 g/mol. The topological polar surface area (TPSA) is 84.3 Å². The van der Waals surface area contributed by atoms with Gasteiger partial charge in [0.2, 0.25) is 10.0 Å². The first-order valence-electron chi connectivity index (χ1n) is 8.88. The Kier molecular flexibility index (Phi) is 6.07. The summed E-state index contributed by atoms with van der Waals surface area (Å²) in [7, 11) is -2.25. The van der Waals surface area contributed by atoms with Crippen molar-refractivity contribution < 1.29 is 13.2 Å². The number of anilines is 1. The van der Waals surface area contributed by atoms with E-state index in [0.29, 0.717) is 5.69 Å². The summed E-state index contributed by atoms with van der Waals surface area (Å²) in [6, 6.07) is 11.1. The van der Waals surface area contributed by atoms with Gasteiger partial charge < -0.3 is 9.88 Å². The fourth-order valence-corrected chi connectivity index (χ4v) is 4.28. The van der Waals surface area contributed by atoms with Crippen LogP contribution in [0.3, 0.4) is 0 Å². The number of nitrogens with one attached hydrogen (secondary N) is 1. The van der Waals surface area contributed by atoms with Gasteiger partial charge in [-0.2, -0.15) is 4.31 Å². The Morgan fingerprint density at radius 1 is 1.21 bits per heavy atom. The number of para-hydroxylation sites is 2. The number of sulfonamides is 1. The molecule has 29 heavy (non-hydrogen) atoms. The fourth-order valence-electron chi connectivity index (χ4n) is 2.68. The van der Waals surface area contributed by atoms with Crippen molar-refractivity contribution in [2.45, 2.75) is 24.8 Å². The number of carbonyl (C=O) groups is 1. The highest BCUT2D eigenvalue weighted by Gasteiger charge is 2.25. The van der Waals surface area contributed by atoms with Gasteiger partial charge in [-0.3, -0.25) is 4.79 Å². The molecule has 0 spiro atoms. The minimum atomic E-state index is -3.75. The Balaban J connectivity index is 1.96. The number of nitrogens with zero attached hydrogens (tertiary/aromatic N) is 3. The van der Waals surface area contributed by atoms with Gasteiger partial charge in [0.25, 0.3) is 5.91 Å². The van der Waals surface area contributed by atoms with E-state index in [-0.39, 0.29) is 21.5 Å². The monoisotopic (exact) mass is 432 g/mol. The summed E-state index contributed by atoms with van der Waals surface area (Å²) in [6.45, 7) is 3.54. The third kappa shape index (κ3) is 4.34. The third-order valence-electron chi connectivity index (χ3n) is 4.52. The summed E-state index contributed by atoms with van der Waals surface area (Å²) in [5.74, 6) is -0.508. The summed E-state index contributed by atoms with van der Waals surface area (Å²) in [5, 5.41) is 2.97. The molecule has 0 aliphatic carbocycles. The van der Waals surface area contributed by atoms with E-state index in [1.54, 1.807) is 49.3 Å². The van der Waals surface area contributed by atoms with Crippen LogP contribution in [0.1, 0.15) is 24.2 Å². The Bertz CT molecular complexity index is 1130. The van der Waals surface area contributed by atoms with Gasteiger partial charge in [0, 0.05) is 25.5 Å². The van der Waals surface area contributed by atoms with Gasteiger partial charge in [0.15, 0.2) is 0 Å². The van der Waals surface area contributed by atoms with Gasteiger partial charge in [-0.1, -0.05) is 23.7 Å². The van der Waals surface area contributed by atoms with Crippen molar-refractivity contribution in [3.63, 3.8) is 0 Å². The van der Waals surface area contributed by atoms with E-state index in [4.69, 9.17) is 11.6 Å². The van der Waals surface area contributed by atoms with Crippen LogP contribution >= 0.6 is 11.6 Å². The van der Waals surface area contributed by atoms with Gasteiger partial charge in [-0.15, -0.1) is 0 Å². The van der Waals surface area contributed by atoms with Crippen molar-refractivity contribution in [3.05, 3.63) is 71.8 Å². The van der Waals surface area contributed by atoms with Crippen LogP contribution in [-0.4, -0.2) is 41.3 Å². The van der Waals surface area contributed by atoms with Crippen LogP contribution in [0, 0.1) is 0 Å². The summed E-state index contributed by atoms with van der Waals surface area (Å²) >= 11 is 6.20. The Morgan fingerprint density at radius 3 is 2.59 bits per heavy atom. The maximum atomic E-state index is 12.9. The van der Waals surface area contributed by atoms with E-state index >= 15 is 0 Å². The smallest absolute Gasteiger partial charge is 0.257 e. The lowest BCUT2D eigenvalue weighted by atomic mass is 10.2. The van der Waals surface area contributed by atoms with Crippen LogP contribution in [-0.2, 0) is 10.0 Å². The number of hydrogen-bond acceptors (Lipinski definition) is 4. The molecule has 3 rings (SSSR count). The zero-order chi connectivity index (χ0) is 21.2. The molecule has 0 saturated carbocycles. The van der Waals surface area contributed by atoms with Crippen molar-refractivity contribution in [3.8, 4) is 5.69 Å². The quantitative estimate of drug-likeness (QED) is 0.642. The molecule has 0 saturated heterocycles. The Labute approximate surface area is 175 Å². The molecule has 1 amide bonds. The van der Waals surface area contributed by atoms with Crippen LogP contribution in [0.15, 0.2) is 66.1 Å². The largest absolute Gasteiger partial charge is 0.320 e. The molecule has 9 heteroatoms. The summed E-state index contributed by atoms with van der Waals surface area (Å²) < 4.78 is 28.5. The van der Waals surface area contributed by atoms with Gasteiger partial charge in [-0.05, 0) is 44.2 Å². The number of hydrogen-bond donors (Lipinski definition) is 1. The molecule has 1 N–H and O–H groups in total. The van der Waals surface area contributed by atoms with E-state index in [1.165, 1.54) is 29.6 Å². The maximum absolute atomic E-state index is 12.9. The van der Waals surface area contributed by atoms with E-state index < -0.39 is 15.9 Å². The molecular formula is C20H21ClN4O3S. The molecule has 7 nitrogen and oxygen atoms in total. The highest BCUT2D eigenvalue weighted by atomic mass is 35.5. The number of carbonyl (C=O) groups excluding carboxylic acids is 1. The lowest BCUT2D eigenvalue weighted by Crippen LogP contribution is -2.33. The van der Waals surface area contributed by atoms with Crippen LogP contribution in [0.5, 0.6) is 0 Å². The van der Waals surface area contributed by atoms with Crippen molar-refractivity contribution in [1.29, 1.82) is 0 Å². The first kappa shape index (κ1) is 21.0. The average Bonchev–Trinajstić information content (AvgIpc) is 3.22. The molecule has 0 bridgehead atoms. The molecule has 0 unspecified atom stereocenters. The van der Waals surface area contributed by atoms with Crippen molar-refractivity contribution in [1.82, 2.24) is 13.9 Å². The predicted octanol–water partition coefficient (Wildman–Crippen LogP) is 3.81. The zero-order valence-electron chi connectivity index (χ0n) is 16.2. The molecule has 0 aliphatic heterocycles. The van der Waals surface area contributed by atoms with Crippen LogP contribution in [0.25, 0.3) is 5.69 Å². The molecule has 3 aromatic rings. The second-order valence-corrected chi connectivity index (χ2v) is 9.10. The summed E-state index contributed by atoms with van der Waals surface area (Å²) in [4.78, 5) is 16.9. The summed E-state index contributed by atoms with van der Waals surface area (Å²) in [6.07, 6.45) is 5.01. The fraction of sp³-hybridized carbons (Fsp3) is 0.200. The van der Waals surface area contributed by atoms with E-state index in [1.807, 2.05) is 12.1 Å².